The number of ether oxygens (including phenoxy) is 2. The average molecular weight is 681 g/mol. The van der Waals surface area contributed by atoms with Gasteiger partial charge in [0, 0.05) is 55.3 Å². The number of anilines is 2. The van der Waals surface area contributed by atoms with E-state index < -0.39 is 23.9 Å². The number of nitrogens with zero attached hydrogens (tertiary/aromatic N) is 7. The number of benzene rings is 1. The highest BCUT2D eigenvalue weighted by atomic mass is 32.1. The molecule has 4 aliphatic rings. The number of thiophene rings is 1. The van der Waals surface area contributed by atoms with Gasteiger partial charge in [-0.3, -0.25) is 14.8 Å². The van der Waals surface area contributed by atoms with Gasteiger partial charge in [0.2, 0.25) is 0 Å². The summed E-state index contributed by atoms with van der Waals surface area (Å²) in [4.78, 5) is 20.3. The number of nitrogens with two attached hydrogens (primary N) is 1. The number of hydrogen-bond donors (Lipinski definition) is 2. The maximum atomic E-state index is 17.3. The molecular weight excluding hydrogens is 645 g/mol. The molecule has 252 valence electrons. The number of nitrogen functional groups attached to an aromatic ring is 1. The van der Waals surface area contributed by atoms with Crippen LogP contribution in [0.2, 0.25) is 0 Å². The lowest BCUT2D eigenvalue weighted by molar-refractivity contribution is 0.111. The molecule has 5 atom stereocenters. The number of aliphatic hydroxyl groups excluding tert-OH is 1. The molecule has 3 saturated heterocycles. The average Bonchev–Trinajstić information content (AvgIpc) is 3.80. The first-order chi connectivity index (χ1) is 23.1. The normalized spacial score (nSPS) is 24.9. The number of likely N-dealkylation sites (tertiary alicyclic amines) is 2. The van der Waals surface area contributed by atoms with Gasteiger partial charge in [-0.1, -0.05) is 0 Å². The first-order valence-electron chi connectivity index (χ1n) is 16.2. The molecule has 8 rings (SSSR count). The molecule has 0 saturated carbocycles. The minimum Gasteiger partial charge on any atom is -0.462 e. The Balaban J connectivity index is 1.33. The van der Waals surface area contributed by atoms with E-state index >= 15 is 4.39 Å². The third-order valence-corrected chi connectivity index (χ3v) is 11.2. The Morgan fingerprint density at radius 2 is 1.92 bits per heavy atom. The molecule has 3 unspecified atom stereocenters. The molecule has 2 bridgehead atoms. The Kier molecular flexibility index (Phi) is 7.84. The van der Waals surface area contributed by atoms with Crippen molar-refractivity contribution in [3.63, 3.8) is 0 Å². The van der Waals surface area contributed by atoms with Crippen LogP contribution in [0.4, 0.5) is 24.0 Å². The van der Waals surface area contributed by atoms with Crippen LogP contribution in [-0.4, -0.2) is 100 Å². The number of nitriles is 1. The number of rotatable bonds is 7. The fourth-order valence-corrected chi connectivity index (χ4v) is 9.03. The van der Waals surface area contributed by atoms with Gasteiger partial charge in [0.15, 0.2) is 11.6 Å². The SMILES string of the molecule is CC(O)CN1CC2CCC(C1)N2c1nc(OC[C@@H]2C[C@@H](F)CN2C)nc2c(F)c(-c3ncc(F)c4sc(N)c(C#N)c34)c3c(c12)COC3. The number of hydrogen-bond acceptors (Lipinski definition) is 12. The lowest BCUT2D eigenvalue weighted by Crippen LogP contribution is -2.55. The van der Waals surface area contributed by atoms with Crippen molar-refractivity contribution in [1.82, 2.24) is 24.8 Å². The third-order valence-electron chi connectivity index (χ3n) is 10.2. The summed E-state index contributed by atoms with van der Waals surface area (Å²) in [6.07, 6.45) is 1.71. The van der Waals surface area contributed by atoms with Crippen molar-refractivity contribution in [2.45, 2.75) is 69.8 Å². The van der Waals surface area contributed by atoms with Gasteiger partial charge in [0.25, 0.3) is 0 Å². The summed E-state index contributed by atoms with van der Waals surface area (Å²) in [6.45, 7) is 4.42. The second-order valence-corrected chi connectivity index (χ2v) is 14.5. The van der Waals surface area contributed by atoms with Crippen LogP contribution in [0.5, 0.6) is 6.01 Å². The van der Waals surface area contributed by atoms with E-state index in [2.05, 4.69) is 19.8 Å². The van der Waals surface area contributed by atoms with Crippen LogP contribution >= 0.6 is 11.3 Å². The highest BCUT2D eigenvalue weighted by Crippen LogP contribution is 2.48. The molecule has 1 aromatic carbocycles. The Morgan fingerprint density at radius 3 is 2.60 bits per heavy atom. The third kappa shape index (κ3) is 5.04. The largest absolute Gasteiger partial charge is 0.462 e. The molecule has 48 heavy (non-hydrogen) atoms. The van der Waals surface area contributed by atoms with E-state index in [1.807, 2.05) is 18.0 Å². The molecule has 15 heteroatoms. The number of likely N-dealkylation sites (N-methyl/N-ethyl adjacent to an activating group) is 1. The van der Waals surface area contributed by atoms with Crippen LogP contribution in [0.1, 0.15) is 42.9 Å². The monoisotopic (exact) mass is 680 g/mol. The van der Waals surface area contributed by atoms with Crippen LogP contribution in [0.25, 0.3) is 32.2 Å². The van der Waals surface area contributed by atoms with Gasteiger partial charge in [0.1, 0.15) is 35.2 Å². The Hall–Kier alpha value is -3.81. The van der Waals surface area contributed by atoms with Gasteiger partial charge in [-0.25, -0.2) is 13.2 Å². The standard InChI is InChI=1S/C33H35F3N8O3S/c1-15(45)8-43-10-17-3-4-18(11-43)44(17)32-26-22-14-46-13-21(22)24(28-25-20(6-37)31(38)48-30(25)23(35)7-39-28)27(36)29(26)40-33(41-32)47-12-19-5-16(34)9-42(19)2/h7,15-19,45H,3-5,8-14,38H2,1-2H3/t15?,16-,17?,18?,19+/m1/s1. The van der Waals surface area contributed by atoms with Crippen molar-refractivity contribution < 1.29 is 27.8 Å². The van der Waals surface area contributed by atoms with E-state index in [1.165, 1.54) is 0 Å². The maximum Gasteiger partial charge on any atom is 0.319 e. The topological polar surface area (TPSA) is 137 Å². The summed E-state index contributed by atoms with van der Waals surface area (Å²) in [5.41, 5.74) is 7.55. The molecule has 0 amide bonds. The molecule has 0 spiro atoms. The molecule has 3 fully saturated rings. The lowest BCUT2D eigenvalue weighted by Gasteiger charge is -2.42. The van der Waals surface area contributed by atoms with Crippen LogP contribution in [0, 0.1) is 23.0 Å². The smallest absolute Gasteiger partial charge is 0.319 e. The minimum atomic E-state index is -0.961. The zero-order valence-corrected chi connectivity index (χ0v) is 27.4. The number of aromatic nitrogens is 3. The zero-order chi connectivity index (χ0) is 33.4. The highest BCUT2D eigenvalue weighted by molar-refractivity contribution is 7.23. The second kappa shape index (κ2) is 12.0. The van der Waals surface area contributed by atoms with E-state index in [1.54, 1.807) is 6.92 Å². The summed E-state index contributed by atoms with van der Waals surface area (Å²) in [6, 6.07) is 1.95. The van der Waals surface area contributed by atoms with Gasteiger partial charge in [0.05, 0.1) is 46.9 Å². The molecule has 11 nitrogen and oxygen atoms in total. The molecular formula is C33H35F3N8O3S. The minimum absolute atomic E-state index is 0.00388. The quantitative estimate of drug-likeness (QED) is 0.292. The predicted octanol–water partition coefficient (Wildman–Crippen LogP) is 4.12. The molecule has 4 aliphatic heterocycles. The molecule has 3 N–H and O–H groups in total. The molecule has 4 aromatic rings. The number of β-amino-alcohol motifs (C(OH)–C–C–N with tert-alkyl or cyclic N) is 1. The summed E-state index contributed by atoms with van der Waals surface area (Å²) in [7, 11) is 1.84. The van der Waals surface area contributed by atoms with Crippen molar-refractivity contribution >= 4 is 43.1 Å². The summed E-state index contributed by atoms with van der Waals surface area (Å²) in [5, 5.41) is 20.8. The number of halogens is 3. The Morgan fingerprint density at radius 1 is 1.17 bits per heavy atom. The highest BCUT2D eigenvalue weighted by Gasteiger charge is 2.43. The van der Waals surface area contributed by atoms with Crippen molar-refractivity contribution in [3.8, 4) is 23.3 Å². The van der Waals surface area contributed by atoms with Crippen LogP contribution in [0.3, 0.4) is 0 Å². The molecule has 7 heterocycles. The Labute approximate surface area is 278 Å². The van der Waals surface area contributed by atoms with Crippen LogP contribution in [0.15, 0.2) is 6.20 Å². The summed E-state index contributed by atoms with van der Waals surface area (Å²) >= 11 is 0.919. The van der Waals surface area contributed by atoms with Crippen LogP contribution in [-0.2, 0) is 18.0 Å². The molecule has 0 radical (unpaired) electrons. The number of piperazine rings is 1. The first-order valence-corrected chi connectivity index (χ1v) is 17.0. The summed E-state index contributed by atoms with van der Waals surface area (Å²) < 4.78 is 58.7. The fourth-order valence-electron chi connectivity index (χ4n) is 8.11. The van der Waals surface area contributed by atoms with E-state index in [9.17, 15) is 19.1 Å². The summed E-state index contributed by atoms with van der Waals surface area (Å²) in [5.74, 6) is -0.818. The van der Waals surface area contributed by atoms with Crippen molar-refractivity contribution in [3.05, 3.63) is 34.5 Å². The van der Waals surface area contributed by atoms with Gasteiger partial charge in [-0.05, 0) is 44.4 Å². The first kappa shape index (κ1) is 31.5. The van der Waals surface area contributed by atoms with E-state index in [0.717, 1.165) is 30.4 Å². The number of fused-ring (bicyclic) bond motifs is 6. The van der Waals surface area contributed by atoms with Gasteiger partial charge in [-0.2, -0.15) is 15.2 Å². The van der Waals surface area contributed by atoms with Gasteiger partial charge in [-0.15, -0.1) is 11.3 Å². The van der Waals surface area contributed by atoms with E-state index in [0.29, 0.717) is 54.9 Å². The van der Waals surface area contributed by atoms with E-state index in [-0.39, 0.29) is 81.4 Å². The molecule has 3 aromatic heterocycles. The number of alkyl halides is 1. The molecule has 0 aliphatic carbocycles. The predicted molar refractivity (Wildman–Crippen MR) is 175 cm³/mol. The Bertz CT molecular complexity index is 1970. The van der Waals surface area contributed by atoms with Crippen molar-refractivity contribution in [2.75, 3.05) is 50.5 Å². The van der Waals surface area contributed by atoms with Crippen molar-refractivity contribution in [2.24, 2.45) is 0 Å². The van der Waals surface area contributed by atoms with Gasteiger partial charge >= 0.3 is 6.01 Å². The number of pyridine rings is 1. The number of aliphatic hydroxyl groups is 1. The second-order valence-electron chi connectivity index (χ2n) is 13.4. The van der Waals surface area contributed by atoms with Crippen LogP contribution < -0.4 is 15.4 Å². The lowest BCUT2D eigenvalue weighted by atomic mass is 9.93. The fraction of sp³-hybridized carbons (Fsp3) is 0.515. The maximum absolute atomic E-state index is 17.3. The van der Waals surface area contributed by atoms with Gasteiger partial charge < -0.3 is 25.2 Å². The van der Waals surface area contributed by atoms with Crippen molar-refractivity contribution in [1.29, 1.82) is 5.26 Å². The zero-order valence-electron chi connectivity index (χ0n) is 26.5. The van der Waals surface area contributed by atoms with E-state index in [4.69, 9.17) is 20.2 Å².